The first-order valence-electron chi connectivity index (χ1n) is 6.05. The normalized spacial score (nSPS) is 10.5. The summed E-state index contributed by atoms with van der Waals surface area (Å²) in [6, 6.07) is 9.87. The van der Waals surface area contributed by atoms with Crippen LogP contribution < -0.4 is 4.74 Å². The number of benzene rings is 1. The molecule has 0 aliphatic heterocycles. The van der Waals surface area contributed by atoms with E-state index in [2.05, 4.69) is 10.4 Å². The highest BCUT2D eigenvalue weighted by Crippen LogP contribution is 2.14. The number of thiazole rings is 1. The number of alkyl halides is 1. The molecular weight excluding hydrogens is 266 g/mol. The molecule has 0 saturated carbocycles. The van der Waals surface area contributed by atoms with Crippen LogP contribution in [0.4, 0.5) is 0 Å². The van der Waals surface area contributed by atoms with Crippen LogP contribution in [0.3, 0.4) is 0 Å². The summed E-state index contributed by atoms with van der Waals surface area (Å²) < 4.78 is 5.65. The molecule has 0 radical (unpaired) electrons. The van der Waals surface area contributed by atoms with Crippen molar-refractivity contribution in [1.82, 2.24) is 4.98 Å². The number of rotatable bonds is 7. The molecule has 1 heterocycles. The van der Waals surface area contributed by atoms with Crippen LogP contribution in [-0.2, 0) is 12.8 Å². The van der Waals surface area contributed by atoms with E-state index in [0.717, 1.165) is 35.7 Å². The lowest BCUT2D eigenvalue weighted by molar-refractivity contribution is 0.321. The van der Waals surface area contributed by atoms with Gasteiger partial charge in [0.05, 0.1) is 17.3 Å². The fourth-order valence-electron chi connectivity index (χ4n) is 1.60. The van der Waals surface area contributed by atoms with Crippen molar-refractivity contribution in [3.8, 4) is 5.75 Å². The molecule has 2 nitrogen and oxygen atoms in total. The second-order valence-corrected chi connectivity index (χ2v) is 5.26. The molecule has 0 aliphatic carbocycles. The standard InChI is InChI=1S/C14H16ClNOS/c15-9-4-5-12-11-18-14(16-12)8-10-17-13-6-2-1-3-7-13/h1-3,6-7,11H,4-5,8-10H2. The van der Waals surface area contributed by atoms with E-state index < -0.39 is 0 Å². The van der Waals surface area contributed by atoms with Crippen LogP contribution in [0.25, 0.3) is 0 Å². The SMILES string of the molecule is ClCCCc1csc(CCOc2ccccc2)n1. The van der Waals surface area contributed by atoms with Crippen molar-refractivity contribution in [3.05, 3.63) is 46.4 Å². The zero-order valence-corrected chi connectivity index (χ0v) is 11.7. The molecule has 0 bridgehead atoms. The lowest BCUT2D eigenvalue weighted by atomic mass is 10.3. The molecule has 0 saturated heterocycles. The zero-order chi connectivity index (χ0) is 12.6. The van der Waals surface area contributed by atoms with Crippen LogP contribution in [0, 0.1) is 0 Å². The van der Waals surface area contributed by atoms with Crippen molar-refractivity contribution in [2.45, 2.75) is 19.3 Å². The van der Waals surface area contributed by atoms with Gasteiger partial charge in [-0.15, -0.1) is 22.9 Å². The van der Waals surface area contributed by atoms with Gasteiger partial charge in [-0.1, -0.05) is 18.2 Å². The van der Waals surface area contributed by atoms with Crippen LogP contribution in [-0.4, -0.2) is 17.5 Å². The van der Waals surface area contributed by atoms with E-state index in [1.807, 2.05) is 30.3 Å². The van der Waals surface area contributed by atoms with Crippen LogP contribution >= 0.6 is 22.9 Å². The second kappa shape index (κ2) is 7.39. The summed E-state index contributed by atoms with van der Waals surface area (Å²) in [4.78, 5) is 4.56. The molecule has 1 aromatic carbocycles. The lowest BCUT2D eigenvalue weighted by Crippen LogP contribution is -2.01. The Labute approximate surface area is 117 Å². The largest absolute Gasteiger partial charge is 0.493 e. The Hall–Kier alpha value is -1.06. The van der Waals surface area contributed by atoms with Gasteiger partial charge in [0.25, 0.3) is 0 Å². The first kappa shape index (κ1) is 13.4. The molecule has 0 spiro atoms. The Balaban J connectivity index is 1.75. The first-order valence-corrected chi connectivity index (χ1v) is 7.47. The molecule has 96 valence electrons. The van der Waals surface area contributed by atoms with Crippen molar-refractivity contribution in [1.29, 1.82) is 0 Å². The van der Waals surface area contributed by atoms with Crippen molar-refractivity contribution >= 4 is 22.9 Å². The minimum atomic E-state index is 0.673. The molecule has 18 heavy (non-hydrogen) atoms. The van der Waals surface area contributed by atoms with Gasteiger partial charge in [-0.3, -0.25) is 0 Å². The Morgan fingerprint density at radius 1 is 1.17 bits per heavy atom. The first-order chi connectivity index (χ1) is 8.88. The average Bonchev–Trinajstić information content (AvgIpc) is 2.85. The molecule has 2 aromatic rings. The summed E-state index contributed by atoms with van der Waals surface area (Å²) in [7, 11) is 0. The number of hydrogen-bond donors (Lipinski definition) is 0. The average molecular weight is 282 g/mol. The molecule has 0 N–H and O–H groups in total. The summed E-state index contributed by atoms with van der Waals surface area (Å²) in [6.07, 6.45) is 2.82. The summed E-state index contributed by atoms with van der Waals surface area (Å²) in [5, 5.41) is 3.25. The molecule has 0 fully saturated rings. The van der Waals surface area contributed by atoms with Gasteiger partial charge in [-0.25, -0.2) is 4.98 Å². The molecule has 4 heteroatoms. The van der Waals surface area contributed by atoms with E-state index >= 15 is 0 Å². The highest BCUT2D eigenvalue weighted by atomic mass is 35.5. The molecule has 2 rings (SSSR count). The quantitative estimate of drug-likeness (QED) is 0.717. The molecular formula is C14H16ClNOS. The number of ether oxygens (including phenoxy) is 1. The Morgan fingerprint density at radius 2 is 2.00 bits per heavy atom. The highest BCUT2D eigenvalue weighted by molar-refractivity contribution is 7.09. The van der Waals surface area contributed by atoms with Gasteiger partial charge in [0.1, 0.15) is 5.75 Å². The third-order valence-corrected chi connectivity index (χ3v) is 3.72. The minimum Gasteiger partial charge on any atom is -0.493 e. The number of aromatic nitrogens is 1. The Morgan fingerprint density at radius 3 is 2.78 bits per heavy atom. The summed E-state index contributed by atoms with van der Waals surface area (Å²) >= 11 is 7.37. The summed E-state index contributed by atoms with van der Waals surface area (Å²) in [5.41, 5.74) is 1.15. The maximum Gasteiger partial charge on any atom is 0.119 e. The molecule has 0 amide bonds. The number of halogens is 1. The van der Waals surface area contributed by atoms with E-state index in [9.17, 15) is 0 Å². The van der Waals surface area contributed by atoms with E-state index in [1.54, 1.807) is 11.3 Å². The molecule has 0 atom stereocenters. The monoisotopic (exact) mass is 281 g/mol. The topological polar surface area (TPSA) is 22.1 Å². The third-order valence-electron chi connectivity index (χ3n) is 2.49. The van der Waals surface area contributed by atoms with Crippen molar-refractivity contribution in [3.63, 3.8) is 0 Å². The summed E-state index contributed by atoms with van der Waals surface area (Å²) in [6.45, 7) is 0.673. The summed E-state index contributed by atoms with van der Waals surface area (Å²) in [5.74, 6) is 1.61. The van der Waals surface area contributed by atoms with Gasteiger partial charge in [-0.05, 0) is 25.0 Å². The number of para-hydroxylation sites is 1. The predicted molar refractivity (Wildman–Crippen MR) is 76.8 cm³/mol. The van der Waals surface area contributed by atoms with Gasteiger partial charge in [-0.2, -0.15) is 0 Å². The van der Waals surface area contributed by atoms with Crippen molar-refractivity contribution < 1.29 is 4.74 Å². The van der Waals surface area contributed by atoms with Crippen LogP contribution in [0.15, 0.2) is 35.7 Å². The third kappa shape index (κ3) is 4.31. The van der Waals surface area contributed by atoms with E-state index in [1.165, 1.54) is 0 Å². The molecule has 1 aromatic heterocycles. The zero-order valence-electron chi connectivity index (χ0n) is 10.1. The van der Waals surface area contributed by atoms with Crippen LogP contribution in [0.5, 0.6) is 5.75 Å². The van der Waals surface area contributed by atoms with Gasteiger partial charge in [0.15, 0.2) is 0 Å². The van der Waals surface area contributed by atoms with Crippen LogP contribution in [0.2, 0.25) is 0 Å². The lowest BCUT2D eigenvalue weighted by Gasteiger charge is -2.03. The van der Waals surface area contributed by atoms with Gasteiger partial charge < -0.3 is 4.74 Å². The maximum absolute atomic E-state index is 5.67. The van der Waals surface area contributed by atoms with Gasteiger partial charge >= 0.3 is 0 Å². The van der Waals surface area contributed by atoms with Crippen LogP contribution in [0.1, 0.15) is 17.1 Å². The van der Waals surface area contributed by atoms with Gasteiger partial charge in [0.2, 0.25) is 0 Å². The smallest absolute Gasteiger partial charge is 0.119 e. The fraction of sp³-hybridized carbons (Fsp3) is 0.357. The Kier molecular flexibility index (Phi) is 5.49. The maximum atomic E-state index is 5.67. The van der Waals surface area contributed by atoms with Crippen molar-refractivity contribution in [2.24, 2.45) is 0 Å². The van der Waals surface area contributed by atoms with Gasteiger partial charge in [0, 0.05) is 17.7 Å². The number of nitrogens with zero attached hydrogens (tertiary/aromatic N) is 1. The van der Waals surface area contributed by atoms with E-state index in [-0.39, 0.29) is 0 Å². The van der Waals surface area contributed by atoms with E-state index in [0.29, 0.717) is 12.5 Å². The fourth-order valence-corrected chi connectivity index (χ4v) is 2.55. The highest BCUT2D eigenvalue weighted by Gasteiger charge is 2.02. The predicted octanol–water partition coefficient (Wildman–Crippen LogP) is 3.94. The second-order valence-electron chi connectivity index (χ2n) is 3.94. The van der Waals surface area contributed by atoms with E-state index in [4.69, 9.17) is 16.3 Å². The molecule has 0 aliphatic rings. The van der Waals surface area contributed by atoms with Crippen molar-refractivity contribution in [2.75, 3.05) is 12.5 Å². The minimum absolute atomic E-state index is 0.673. The molecule has 0 unspecified atom stereocenters. The number of hydrogen-bond acceptors (Lipinski definition) is 3. The number of aryl methyl sites for hydroxylation is 1. The Bertz CT molecular complexity index is 458.